The molecule has 0 heterocycles. The van der Waals surface area contributed by atoms with Crippen LogP contribution in [0.1, 0.15) is 5.56 Å². The van der Waals surface area contributed by atoms with E-state index in [1.807, 2.05) is 49.4 Å². The van der Waals surface area contributed by atoms with Crippen molar-refractivity contribution in [2.45, 2.75) is 6.92 Å². The monoisotopic (exact) mass is 213 g/mol. The van der Waals surface area contributed by atoms with Gasteiger partial charge >= 0.3 is 0 Å². The van der Waals surface area contributed by atoms with Crippen LogP contribution in [-0.4, -0.2) is 0 Å². The van der Waals surface area contributed by atoms with Crippen LogP contribution in [0.4, 0.5) is 22.7 Å². The minimum Gasteiger partial charge on any atom is -0.399 e. The summed E-state index contributed by atoms with van der Waals surface area (Å²) in [6.07, 6.45) is 0. The van der Waals surface area contributed by atoms with Crippen LogP contribution in [-0.2, 0) is 0 Å². The number of anilines is 4. The van der Waals surface area contributed by atoms with E-state index in [0.717, 1.165) is 28.3 Å². The van der Waals surface area contributed by atoms with Crippen LogP contribution in [0.2, 0.25) is 0 Å². The molecule has 2 aromatic rings. The van der Waals surface area contributed by atoms with Gasteiger partial charge in [-0.05, 0) is 55.0 Å². The Morgan fingerprint density at radius 3 is 2.12 bits per heavy atom. The first-order chi connectivity index (χ1) is 7.65. The highest BCUT2D eigenvalue weighted by Crippen LogP contribution is 2.21. The number of hydrogen-bond donors (Lipinski definition) is 3. The minimum absolute atomic E-state index is 0.763. The van der Waals surface area contributed by atoms with Crippen LogP contribution in [0.3, 0.4) is 0 Å². The molecular weight excluding hydrogens is 198 g/mol. The van der Waals surface area contributed by atoms with Gasteiger partial charge < -0.3 is 16.8 Å². The highest BCUT2D eigenvalue weighted by molar-refractivity contribution is 5.65. The van der Waals surface area contributed by atoms with Crippen molar-refractivity contribution in [1.82, 2.24) is 0 Å². The second-order valence-electron chi connectivity index (χ2n) is 3.82. The summed E-state index contributed by atoms with van der Waals surface area (Å²) in [5.41, 5.74) is 16.1. The molecule has 0 saturated carbocycles. The van der Waals surface area contributed by atoms with Gasteiger partial charge in [0.15, 0.2) is 0 Å². The zero-order valence-electron chi connectivity index (χ0n) is 9.20. The lowest BCUT2D eigenvalue weighted by Crippen LogP contribution is -1.94. The topological polar surface area (TPSA) is 64.1 Å². The lowest BCUT2D eigenvalue weighted by atomic mass is 10.2. The summed E-state index contributed by atoms with van der Waals surface area (Å²) in [6, 6.07) is 13.5. The molecule has 0 bridgehead atoms. The number of nitrogens with one attached hydrogen (secondary N) is 1. The minimum atomic E-state index is 0.763. The third-order valence-electron chi connectivity index (χ3n) is 2.47. The number of hydrogen-bond acceptors (Lipinski definition) is 3. The predicted octanol–water partition coefficient (Wildman–Crippen LogP) is 2.90. The smallest absolute Gasteiger partial charge is 0.0388 e. The summed E-state index contributed by atoms with van der Waals surface area (Å²) in [5.74, 6) is 0. The van der Waals surface area contributed by atoms with Gasteiger partial charge in [-0.1, -0.05) is 0 Å². The fraction of sp³-hybridized carbons (Fsp3) is 0.0769. The van der Waals surface area contributed by atoms with E-state index in [0.29, 0.717) is 0 Å². The SMILES string of the molecule is Cc1cc(Nc2ccc(N)cc2)ccc1N. The van der Waals surface area contributed by atoms with Crippen molar-refractivity contribution in [3.05, 3.63) is 48.0 Å². The number of nitrogens with two attached hydrogens (primary N) is 2. The van der Waals surface area contributed by atoms with Crippen molar-refractivity contribution in [1.29, 1.82) is 0 Å². The Morgan fingerprint density at radius 2 is 1.50 bits per heavy atom. The van der Waals surface area contributed by atoms with Crippen molar-refractivity contribution in [3.63, 3.8) is 0 Å². The van der Waals surface area contributed by atoms with Gasteiger partial charge in [0.25, 0.3) is 0 Å². The van der Waals surface area contributed by atoms with Gasteiger partial charge in [-0.2, -0.15) is 0 Å². The van der Waals surface area contributed by atoms with E-state index >= 15 is 0 Å². The second-order valence-corrected chi connectivity index (χ2v) is 3.82. The maximum absolute atomic E-state index is 5.76. The molecular formula is C13H15N3. The van der Waals surface area contributed by atoms with E-state index in [1.54, 1.807) is 0 Å². The van der Waals surface area contributed by atoms with Crippen molar-refractivity contribution < 1.29 is 0 Å². The van der Waals surface area contributed by atoms with Gasteiger partial charge in [0, 0.05) is 22.7 Å². The molecule has 0 saturated heterocycles. The van der Waals surface area contributed by atoms with E-state index in [2.05, 4.69) is 5.32 Å². The Kier molecular flexibility index (Phi) is 2.68. The molecule has 3 nitrogen and oxygen atoms in total. The zero-order chi connectivity index (χ0) is 11.5. The van der Waals surface area contributed by atoms with E-state index in [9.17, 15) is 0 Å². The van der Waals surface area contributed by atoms with Gasteiger partial charge in [0.05, 0.1) is 0 Å². The number of aryl methyl sites for hydroxylation is 1. The average molecular weight is 213 g/mol. The summed E-state index contributed by atoms with van der Waals surface area (Å²) < 4.78 is 0. The lowest BCUT2D eigenvalue weighted by molar-refractivity contribution is 1.45. The van der Waals surface area contributed by atoms with Crippen molar-refractivity contribution in [2.75, 3.05) is 16.8 Å². The maximum atomic E-state index is 5.76. The summed E-state index contributed by atoms with van der Waals surface area (Å²) in [7, 11) is 0. The van der Waals surface area contributed by atoms with Crippen LogP contribution in [0.25, 0.3) is 0 Å². The Hall–Kier alpha value is -2.16. The van der Waals surface area contributed by atoms with Gasteiger partial charge in [-0.3, -0.25) is 0 Å². The maximum Gasteiger partial charge on any atom is 0.0388 e. The number of benzene rings is 2. The van der Waals surface area contributed by atoms with Crippen LogP contribution in [0.15, 0.2) is 42.5 Å². The third-order valence-corrected chi connectivity index (χ3v) is 2.47. The zero-order valence-corrected chi connectivity index (χ0v) is 9.20. The average Bonchev–Trinajstić information content (AvgIpc) is 2.27. The first kappa shape index (κ1) is 10.4. The number of nitrogen functional groups attached to an aromatic ring is 2. The highest BCUT2D eigenvalue weighted by atomic mass is 14.9. The molecule has 2 aromatic carbocycles. The fourth-order valence-corrected chi connectivity index (χ4v) is 1.49. The molecule has 0 aliphatic heterocycles. The molecule has 0 unspecified atom stereocenters. The third kappa shape index (κ3) is 2.25. The molecule has 0 amide bonds. The highest BCUT2D eigenvalue weighted by Gasteiger charge is 1.97. The van der Waals surface area contributed by atoms with Gasteiger partial charge in [0.2, 0.25) is 0 Å². The molecule has 0 radical (unpaired) electrons. The summed E-state index contributed by atoms with van der Waals surface area (Å²) in [4.78, 5) is 0. The Morgan fingerprint density at radius 1 is 0.875 bits per heavy atom. The Bertz CT molecular complexity index is 489. The molecule has 0 spiro atoms. The summed E-state index contributed by atoms with van der Waals surface area (Å²) in [6.45, 7) is 1.99. The van der Waals surface area contributed by atoms with E-state index < -0.39 is 0 Å². The molecule has 0 aliphatic rings. The largest absolute Gasteiger partial charge is 0.399 e. The Labute approximate surface area is 95.1 Å². The van der Waals surface area contributed by atoms with Crippen molar-refractivity contribution in [3.8, 4) is 0 Å². The first-order valence-corrected chi connectivity index (χ1v) is 5.14. The van der Waals surface area contributed by atoms with Gasteiger partial charge in [-0.15, -0.1) is 0 Å². The molecule has 0 aliphatic carbocycles. The van der Waals surface area contributed by atoms with Crippen LogP contribution >= 0.6 is 0 Å². The quantitative estimate of drug-likeness (QED) is 0.672. The van der Waals surface area contributed by atoms with E-state index in [-0.39, 0.29) is 0 Å². The Balaban J connectivity index is 2.20. The first-order valence-electron chi connectivity index (χ1n) is 5.14. The second kappa shape index (κ2) is 4.14. The normalized spacial score (nSPS) is 10.1. The van der Waals surface area contributed by atoms with Crippen molar-refractivity contribution >= 4 is 22.7 Å². The van der Waals surface area contributed by atoms with E-state index in [4.69, 9.17) is 11.5 Å². The molecule has 0 fully saturated rings. The molecule has 3 heteroatoms. The van der Waals surface area contributed by atoms with Crippen LogP contribution < -0.4 is 16.8 Å². The predicted molar refractivity (Wildman–Crippen MR) is 69.7 cm³/mol. The molecule has 82 valence electrons. The van der Waals surface area contributed by atoms with Gasteiger partial charge in [0.1, 0.15) is 0 Å². The standard InChI is InChI=1S/C13H15N3/c1-9-8-12(6-7-13(9)15)16-11-4-2-10(14)3-5-11/h2-8,16H,14-15H2,1H3. The van der Waals surface area contributed by atoms with Crippen molar-refractivity contribution in [2.24, 2.45) is 0 Å². The summed E-state index contributed by atoms with van der Waals surface area (Å²) >= 11 is 0. The summed E-state index contributed by atoms with van der Waals surface area (Å²) in [5, 5.41) is 3.29. The molecule has 2 rings (SSSR count). The van der Waals surface area contributed by atoms with E-state index in [1.165, 1.54) is 0 Å². The molecule has 0 aromatic heterocycles. The fourth-order valence-electron chi connectivity index (χ4n) is 1.49. The van der Waals surface area contributed by atoms with Crippen LogP contribution in [0, 0.1) is 6.92 Å². The number of rotatable bonds is 2. The van der Waals surface area contributed by atoms with Crippen LogP contribution in [0.5, 0.6) is 0 Å². The molecule has 5 N–H and O–H groups in total. The molecule has 16 heavy (non-hydrogen) atoms. The van der Waals surface area contributed by atoms with Gasteiger partial charge in [-0.25, -0.2) is 0 Å². The lowest BCUT2D eigenvalue weighted by Gasteiger charge is -2.08. The molecule has 0 atom stereocenters.